The van der Waals surface area contributed by atoms with Crippen molar-refractivity contribution in [1.29, 1.82) is 0 Å². The van der Waals surface area contributed by atoms with Crippen LogP contribution in [0.15, 0.2) is 24.3 Å². The summed E-state index contributed by atoms with van der Waals surface area (Å²) in [6.45, 7) is 5.49. The topological polar surface area (TPSA) is 44.4 Å². The van der Waals surface area contributed by atoms with E-state index < -0.39 is 0 Å². The Kier molecular flexibility index (Phi) is 5.15. The number of benzene rings is 1. The maximum atomic E-state index is 12.1. The fourth-order valence-electron chi connectivity index (χ4n) is 2.43. The molecule has 1 unspecified atom stereocenters. The minimum atomic E-state index is 0.0983. The molecule has 0 radical (unpaired) electrons. The number of nitrogens with one attached hydrogen (secondary N) is 2. The van der Waals surface area contributed by atoms with Gasteiger partial charge in [0, 0.05) is 19.0 Å². The van der Waals surface area contributed by atoms with Gasteiger partial charge in [0.25, 0.3) is 0 Å². The summed E-state index contributed by atoms with van der Waals surface area (Å²) in [5.74, 6) is 0.755. The maximum Gasteiger partial charge on any atom is 0.223 e. The largest absolute Gasteiger partial charge is 0.352 e. The van der Waals surface area contributed by atoms with Crippen molar-refractivity contribution < 1.29 is 4.79 Å². The van der Waals surface area contributed by atoms with Gasteiger partial charge in [0.05, 0.1) is 0 Å². The summed E-state index contributed by atoms with van der Waals surface area (Å²) in [5.41, 5.74) is 2.44. The number of nitrogens with zero attached hydrogens (tertiary/aromatic N) is 1. The monoisotopic (exact) mass is 275 g/mol. The average molecular weight is 275 g/mol. The molecule has 1 saturated heterocycles. The Morgan fingerprint density at radius 1 is 1.40 bits per heavy atom. The molecule has 4 heteroatoms. The van der Waals surface area contributed by atoms with Crippen LogP contribution in [-0.4, -0.2) is 38.0 Å². The van der Waals surface area contributed by atoms with Crippen LogP contribution in [0.3, 0.4) is 0 Å². The number of rotatable bonds is 6. The molecule has 2 rings (SSSR count). The van der Waals surface area contributed by atoms with Gasteiger partial charge < -0.3 is 15.5 Å². The number of carbonyl (C=O) groups is 1. The summed E-state index contributed by atoms with van der Waals surface area (Å²) in [7, 11) is 4.12. The number of carbonyl (C=O) groups excluding carboxylic acids is 1. The molecule has 2 N–H and O–H groups in total. The van der Waals surface area contributed by atoms with Gasteiger partial charge in [0.1, 0.15) is 0 Å². The lowest BCUT2D eigenvalue weighted by Crippen LogP contribution is -2.49. The predicted octanol–water partition coefficient (Wildman–Crippen LogP) is 1.22. The van der Waals surface area contributed by atoms with E-state index in [0.29, 0.717) is 12.5 Å². The van der Waals surface area contributed by atoms with Crippen LogP contribution in [0.25, 0.3) is 0 Å². The zero-order valence-electron chi connectivity index (χ0n) is 12.6. The Morgan fingerprint density at radius 2 is 2.10 bits per heavy atom. The predicted molar refractivity (Wildman–Crippen MR) is 81.2 cm³/mol. The second kappa shape index (κ2) is 6.86. The summed E-state index contributed by atoms with van der Waals surface area (Å²) in [5, 5.41) is 6.26. The molecule has 1 aliphatic heterocycles. The Balaban J connectivity index is 1.85. The molecular formula is C16H25N3O. The van der Waals surface area contributed by atoms with Gasteiger partial charge in [-0.15, -0.1) is 0 Å². The third-order valence-electron chi connectivity index (χ3n) is 3.89. The average Bonchev–Trinajstić information content (AvgIpc) is 2.33. The first-order valence-electron chi connectivity index (χ1n) is 7.27. The Bertz CT molecular complexity index is 455. The minimum Gasteiger partial charge on any atom is -0.352 e. The fraction of sp³-hybridized carbons (Fsp3) is 0.562. The van der Waals surface area contributed by atoms with E-state index in [0.717, 1.165) is 25.2 Å². The van der Waals surface area contributed by atoms with E-state index >= 15 is 0 Å². The highest BCUT2D eigenvalue weighted by Gasteiger charge is 2.28. The highest BCUT2D eigenvalue weighted by Crippen LogP contribution is 2.16. The summed E-state index contributed by atoms with van der Waals surface area (Å²) < 4.78 is 0. The standard InChI is InChI=1S/C16H25N3O/c1-12(15-9-17-10-15)16(20)18-8-13-5-4-6-14(7-13)11-19(2)3/h4-7,12,15,17H,8-11H2,1-3H3,(H,18,20). The van der Waals surface area contributed by atoms with Crippen LogP contribution >= 0.6 is 0 Å². The zero-order chi connectivity index (χ0) is 14.5. The van der Waals surface area contributed by atoms with Crippen molar-refractivity contribution in [1.82, 2.24) is 15.5 Å². The molecule has 1 aromatic rings. The lowest BCUT2D eigenvalue weighted by atomic mass is 9.88. The first-order chi connectivity index (χ1) is 9.56. The molecule has 0 aliphatic carbocycles. The normalized spacial score (nSPS) is 16.8. The molecule has 20 heavy (non-hydrogen) atoms. The Morgan fingerprint density at radius 3 is 2.70 bits per heavy atom. The summed E-state index contributed by atoms with van der Waals surface area (Å²) >= 11 is 0. The molecule has 1 aliphatic rings. The van der Waals surface area contributed by atoms with Crippen molar-refractivity contribution >= 4 is 5.91 Å². The van der Waals surface area contributed by atoms with Crippen LogP contribution in [-0.2, 0) is 17.9 Å². The quantitative estimate of drug-likeness (QED) is 0.820. The molecule has 1 atom stereocenters. The Hall–Kier alpha value is -1.39. The summed E-state index contributed by atoms with van der Waals surface area (Å²) in [4.78, 5) is 14.2. The lowest BCUT2D eigenvalue weighted by Gasteiger charge is -2.31. The molecule has 1 amide bonds. The van der Waals surface area contributed by atoms with Gasteiger partial charge in [-0.25, -0.2) is 0 Å². The molecule has 4 nitrogen and oxygen atoms in total. The zero-order valence-corrected chi connectivity index (χ0v) is 12.6. The molecule has 0 saturated carbocycles. The van der Waals surface area contributed by atoms with Crippen LogP contribution in [0, 0.1) is 11.8 Å². The second-order valence-electron chi connectivity index (χ2n) is 5.98. The molecule has 110 valence electrons. The van der Waals surface area contributed by atoms with Gasteiger partial charge in [-0.3, -0.25) is 4.79 Å². The van der Waals surface area contributed by atoms with Crippen LogP contribution in [0.4, 0.5) is 0 Å². The molecule has 0 aromatic heterocycles. The van der Waals surface area contributed by atoms with E-state index in [9.17, 15) is 4.79 Å². The molecule has 1 heterocycles. The first-order valence-corrected chi connectivity index (χ1v) is 7.27. The summed E-state index contributed by atoms with van der Waals surface area (Å²) in [6.07, 6.45) is 0. The second-order valence-corrected chi connectivity index (χ2v) is 5.98. The Labute approximate surface area is 121 Å². The smallest absolute Gasteiger partial charge is 0.223 e. The third-order valence-corrected chi connectivity index (χ3v) is 3.89. The van der Waals surface area contributed by atoms with Gasteiger partial charge in [0.15, 0.2) is 0 Å². The van der Waals surface area contributed by atoms with E-state index in [1.807, 2.05) is 6.92 Å². The number of amides is 1. The van der Waals surface area contributed by atoms with Gasteiger partial charge >= 0.3 is 0 Å². The number of hydrogen-bond donors (Lipinski definition) is 2. The van der Waals surface area contributed by atoms with Crippen molar-refractivity contribution in [2.45, 2.75) is 20.0 Å². The van der Waals surface area contributed by atoms with Crippen molar-refractivity contribution in [3.63, 3.8) is 0 Å². The summed E-state index contributed by atoms with van der Waals surface area (Å²) in [6, 6.07) is 8.40. The van der Waals surface area contributed by atoms with Crippen LogP contribution in [0.1, 0.15) is 18.1 Å². The SMILES string of the molecule is CC(C(=O)NCc1cccc(CN(C)C)c1)C1CNC1. The maximum absolute atomic E-state index is 12.1. The third kappa shape index (κ3) is 4.05. The highest BCUT2D eigenvalue weighted by atomic mass is 16.1. The van der Waals surface area contributed by atoms with Gasteiger partial charge in [-0.2, -0.15) is 0 Å². The van der Waals surface area contributed by atoms with Crippen molar-refractivity contribution in [2.24, 2.45) is 11.8 Å². The van der Waals surface area contributed by atoms with Crippen molar-refractivity contribution in [2.75, 3.05) is 27.2 Å². The van der Waals surface area contributed by atoms with E-state index in [1.54, 1.807) is 0 Å². The van der Waals surface area contributed by atoms with Gasteiger partial charge in [-0.05, 0) is 44.2 Å². The van der Waals surface area contributed by atoms with Crippen molar-refractivity contribution in [3.8, 4) is 0 Å². The minimum absolute atomic E-state index is 0.0983. The van der Waals surface area contributed by atoms with Crippen LogP contribution in [0.5, 0.6) is 0 Å². The first kappa shape index (κ1) is 15.0. The van der Waals surface area contributed by atoms with E-state index in [-0.39, 0.29) is 11.8 Å². The number of hydrogen-bond acceptors (Lipinski definition) is 3. The van der Waals surface area contributed by atoms with E-state index in [4.69, 9.17) is 0 Å². The van der Waals surface area contributed by atoms with Crippen LogP contribution in [0.2, 0.25) is 0 Å². The molecule has 0 spiro atoms. The lowest BCUT2D eigenvalue weighted by molar-refractivity contribution is -0.126. The van der Waals surface area contributed by atoms with Gasteiger partial charge in [-0.1, -0.05) is 31.2 Å². The van der Waals surface area contributed by atoms with E-state index in [2.05, 4.69) is 53.9 Å². The van der Waals surface area contributed by atoms with Crippen molar-refractivity contribution in [3.05, 3.63) is 35.4 Å². The molecule has 1 aromatic carbocycles. The highest BCUT2D eigenvalue weighted by molar-refractivity contribution is 5.78. The molecular weight excluding hydrogens is 250 g/mol. The van der Waals surface area contributed by atoms with Crippen LogP contribution < -0.4 is 10.6 Å². The van der Waals surface area contributed by atoms with E-state index in [1.165, 1.54) is 5.56 Å². The molecule has 0 bridgehead atoms. The fourth-order valence-corrected chi connectivity index (χ4v) is 2.43. The molecule has 1 fully saturated rings. The van der Waals surface area contributed by atoms with Gasteiger partial charge in [0.2, 0.25) is 5.91 Å².